The summed E-state index contributed by atoms with van der Waals surface area (Å²) in [5, 5.41) is 3.63. The molecule has 0 aliphatic heterocycles. The van der Waals surface area contributed by atoms with Crippen molar-refractivity contribution in [3.05, 3.63) is 88.4 Å². The molecule has 0 aliphatic rings. The summed E-state index contributed by atoms with van der Waals surface area (Å²) in [5.74, 6) is 0.866. The van der Waals surface area contributed by atoms with Crippen LogP contribution in [0.15, 0.2) is 72.8 Å². The second-order valence-corrected chi connectivity index (χ2v) is 6.86. The number of halogens is 2. The second-order valence-electron chi connectivity index (χ2n) is 6.02. The van der Waals surface area contributed by atoms with Crippen LogP contribution in [0.25, 0.3) is 0 Å². The molecule has 1 amide bonds. The maximum Gasteiger partial charge on any atom is 0.262 e. The zero-order valence-corrected chi connectivity index (χ0v) is 16.5. The van der Waals surface area contributed by atoms with Gasteiger partial charge in [0, 0.05) is 17.1 Å². The molecule has 6 heteroatoms. The third-order valence-electron chi connectivity index (χ3n) is 3.89. The van der Waals surface area contributed by atoms with E-state index in [-0.39, 0.29) is 12.5 Å². The highest BCUT2D eigenvalue weighted by atomic mass is 35.5. The van der Waals surface area contributed by atoms with Gasteiger partial charge in [0.05, 0.1) is 11.6 Å². The van der Waals surface area contributed by atoms with Crippen LogP contribution in [0.3, 0.4) is 0 Å². The van der Waals surface area contributed by atoms with Crippen LogP contribution in [0.4, 0.5) is 5.69 Å². The van der Waals surface area contributed by atoms with Gasteiger partial charge in [0.15, 0.2) is 6.61 Å². The van der Waals surface area contributed by atoms with Crippen molar-refractivity contribution in [1.29, 1.82) is 0 Å². The zero-order valence-electron chi connectivity index (χ0n) is 15.0. The van der Waals surface area contributed by atoms with Gasteiger partial charge in [0.2, 0.25) is 0 Å². The molecule has 4 nitrogen and oxygen atoms in total. The first-order valence-electron chi connectivity index (χ1n) is 8.74. The van der Waals surface area contributed by atoms with E-state index in [0.29, 0.717) is 28.1 Å². The van der Waals surface area contributed by atoms with Gasteiger partial charge in [0.1, 0.15) is 11.5 Å². The summed E-state index contributed by atoms with van der Waals surface area (Å²) < 4.78 is 11.2. The van der Waals surface area contributed by atoms with E-state index in [2.05, 4.69) is 17.4 Å². The van der Waals surface area contributed by atoms with Crippen molar-refractivity contribution in [3.63, 3.8) is 0 Å². The first kappa shape index (κ1) is 20.1. The number of benzene rings is 3. The Morgan fingerprint density at radius 3 is 2.36 bits per heavy atom. The van der Waals surface area contributed by atoms with Crippen molar-refractivity contribution < 1.29 is 14.3 Å². The fraction of sp³-hybridized carbons (Fsp3) is 0.136. The minimum atomic E-state index is -0.288. The van der Waals surface area contributed by atoms with E-state index in [1.807, 2.05) is 30.3 Å². The van der Waals surface area contributed by atoms with E-state index in [4.69, 9.17) is 32.7 Å². The lowest BCUT2D eigenvalue weighted by Gasteiger charge is -2.10. The summed E-state index contributed by atoms with van der Waals surface area (Å²) in [7, 11) is 0. The molecule has 0 aliphatic carbocycles. The number of amides is 1. The number of hydrogen-bond donors (Lipinski definition) is 1. The number of ether oxygens (including phenoxy) is 2. The van der Waals surface area contributed by atoms with E-state index in [1.165, 1.54) is 5.56 Å². The molecule has 1 N–H and O–H groups in total. The number of anilines is 1. The predicted octanol–water partition coefficient (Wildman–Crippen LogP) is 5.63. The highest BCUT2D eigenvalue weighted by molar-refractivity contribution is 6.35. The molecule has 0 saturated carbocycles. The zero-order chi connectivity index (χ0) is 19.8. The minimum Gasteiger partial charge on any atom is -0.493 e. The monoisotopic (exact) mass is 415 g/mol. The van der Waals surface area contributed by atoms with Crippen LogP contribution in [0, 0.1) is 0 Å². The van der Waals surface area contributed by atoms with Gasteiger partial charge in [-0.05, 0) is 48.0 Å². The first-order chi connectivity index (χ1) is 13.6. The molecule has 3 aromatic carbocycles. The molecule has 0 heterocycles. The van der Waals surface area contributed by atoms with E-state index < -0.39 is 0 Å². The average Bonchev–Trinajstić information content (AvgIpc) is 2.69. The van der Waals surface area contributed by atoms with E-state index in [0.717, 1.165) is 12.2 Å². The molecule has 0 fully saturated rings. The summed E-state index contributed by atoms with van der Waals surface area (Å²) in [5.41, 5.74) is 1.89. The third-order valence-corrected chi connectivity index (χ3v) is 4.42. The Labute approximate surface area is 174 Å². The maximum atomic E-state index is 12.0. The number of rotatable bonds is 8. The van der Waals surface area contributed by atoms with Gasteiger partial charge >= 0.3 is 0 Å². The van der Waals surface area contributed by atoms with Crippen LogP contribution in [-0.2, 0) is 11.2 Å². The van der Waals surface area contributed by atoms with E-state index in [1.54, 1.807) is 30.3 Å². The van der Waals surface area contributed by atoms with Gasteiger partial charge in [-0.2, -0.15) is 0 Å². The highest BCUT2D eigenvalue weighted by Gasteiger charge is 2.07. The summed E-state index contributed by atoms with van der Waals surface area (Å²) >= 11 is 11.8. The van der Waals surface area contributed by atoms with Gasteiger partial charge in [-0.1, -0.05) is 53.5 Å². The van der Waals surface area contributed by atoms with Gasteiger partial charge in [-0.25, -0.2) is 0 Å². The largest absolute Gasteiger partial charge is 0.493 e. The summed E-state index contributed by atoms with van der Waals surface area (Å²) in [6.07, 6.45) is 0.837. The van der Waals surface area contributed by atoms with Crippen LogP contribution < -0.4 is 14.8 Å². The molecule has 0 atom stereocenters. The predicted molar refractivity (Wildman–Crippen MR) is 113 cm³/mol. The molecular formula is C22H19Cl2NO3. The topological polar surface area (TPSA) is 47.6 Å². The SMILES string of the molecule is O=C(COc1ccc(Cl)cc1Cl)Nc1ccc(OCCc2ccccc2)cc1. The second kappa shape index (κ2) is 10.0. The standard InChI is InChI=1S/C22H19Cl2NO3/c23-17-6-11-21(20(24)14-17)28-15-22(26)25-18-7-9-19(10-8-18)27-13-12-16-4-2-1-3-5-16/h1-11,14H,12-13,15H2,(H,25,26). The van der Waals surface area contributed by atoms with Crippen LogP contribution in [0.1, 0.15) is 5.56 Å². The molecule has 0 saturated heterocycles. The summed E-state index contributed by atoms with van der Waals surface area (Å²) in [6, 6.07) is 22.2. The lowest BCUT2D eigenvalue weighted by atomic mass is 10.2. The van der Waals surface area contributed by atoms with E-state index >= 15 is 0 Å². The Balaban J connectivity index is 1.43. The third kappa shape index (κ3) is 6.19. The Kier molecular flexibility index (Phi) is 7.18. The Morgan fingerprint density at radius 2 is 1.64 bits per heavy atom. The van der Waals surface area contributed by atoms with Crippen molar-refractivity contribution >= 4 is 34.8 Å². The van der Waals surface area contributed by atoms with Crippen LogP contribution in [0.2, 0.25) is 10.0 Å². The fourth-order valence-electron chi connectivity index (χ4n) is 2.50. The Morgan fingerprint density at radius 1 is 0.893 bits per heavy atom. The van der Waals surface area contributed by atoms with E-state index in [9.17, 15) is 4.79 Å². The molecule has 0 unspecified atom stereocenters. The van der Waals surface area contributed by atoms with Crippen molar-refractivity contribution in [2.45, 2.75) is 6.42 Å². The lowest BCUT2D eigenvalue weighted by molar-refractivity contribution is -0.118. The Hall–Kier alpha value is -2.69. The molecule has 0 radical (unpaired) electrons. The summed E-state index contributed by atoms with van der Waals surface area (Å²) in [4.78, 5) is 12.0. The van der Waals surface area contributed by atoms with Crippen molar-refractivity contribution in [1.82, 2.24) is 0 Å². The van der Waals surface area contributed by atoms with Crippen molar-refractivity contribution in [2.24, 2.45) is 0 Å². The number of hydrogen-bond acceptors (Lipinski definition) is 3. The number of nitrogens with one attached hydrogen (secondary N) is 1. The lowest BCUT2D eigenvalue weighted by Crippen LogP contribution is -2.20. The van der Waals surface area contributed by atoms with Gasteiger partial charge in [-0.3, -0.25) is 4.79 Å². The minimum absolute atomic E-state index is 0.156. The molecule has 0 spiro atoms. The fourth-order valence-corrected chi connectivity index (χ4v) is 2.96. The van der Waals surface area contributed by atoms with Crippen LogP contribution in [0.5, 0.6) is 11.5 Å². The molecule has 144 valence electrons. The number of carbonyl (C=O) groups is 1. The molecule has 3 aromatic rings. The Bertz CT molecular complexity index is 915. The maximum absolute atomic E-state index is 12.0. The highest BCUT2D eigenvalue weighted by Crippen LogP contribution is 2.27. The quantitative estimate of drug-likeness (QED) is 0.518. The van der Waals surface area contributed by atoms with Gasteiger partial charge in [-0.15, -0.1) is 0 Å². The van der Waals surface area contributed by atoms with Crippen molar-refractivity contribution in [2.75, 3.05) is 18.5 Å². The average molecular weight is 416 g/mol. The molecule has 28 heavy (non-hydrogen) atoms. The summed E-state index contributed by atoms with van der Waals surface area (Å²) in [6.45, 7) is 0.433. The molecule has 0 aromatic heterocycles. The van der Waals surface area contributed by atoms with Gasteiger partial charge < -0.3 is 14.8 Å². The van der Waals surface area contributed by atoms with Crippen LogP contribution >= 0.6 is 23.2 Å². The smallest absolute Gasteiger partial charge is 0.262 e. The van der Waals surface area contributed by atoms with Crippen molar-refractivity contribution in [3.8, 4) is 11.5 Å². The van der Waals surface area contributed by atoms with Crippen LogP contribution in [-0.4, -0.2) is 19.1 Å². The normalized spacial score (nSPS) is 10.4. The first-order valence-corrected chi connectivity index (χ1v) is 9.50. The van der Waals surface area contributed by atoms with Gasteiger partial charge in [0.25, 0.3) is 5.91 Å². The number of carbonyl (C=O) groups excluding carboxylic acids is 1. The molecule has 0 bridgehead atoms. The molecular weight excluding hydrogens is 397 g/mol. The molecule has 3 rings (SSSR count).